The highest BCUT2D eigenvalue weighted by atomic mass is 35.5. The van der Waals surface area contributed by atoms with Crippen molar-refractivity contribution < 1.29 is 9.59 Å². The first-order chi connectivity index (χ1) is 16.8. The Morgan fingerprint density at radius 3 is 2.80 bits per heavy atom. The number of piperidine rings is 1. The lowest BCUT2D eigenvalue weighted by molar-refractivity contribution is -0.126. The average Bonchev–Trinajstić information content (AvgIpc) is 3.62. The van der Waals surface area contributed by atoms with E-state index in [9.17, 15) is 14.9 Å². The molecule has 2 amide bonds. The van der Waals surface area contributed by atoms with Crippen LogP contribution in [0.5, 0.6) is 0 Å². The van der Waals surface area contributed by atoms with Crippen LogP contribution in [-0.2, 0) is 4.79 Å². The zero-order valence-corrected chi connectivity index (χ0v) is 20.3. The number of pyridine rings is 1. The molecule has 3 fully saturated rings. The quantitative estimate of drug-likeness (QED) is 0.550. The maximum Gasteiger partial charge on any atom is 0.270 e. The second kappa shape index (κ2) is 7.82. The normalized spacial score (nSPS) is 25.1. The number of benzene rings is 1. The third-order valence-electron chi connectivity index (χ3n) is 8.18. The smallest absolute Gasteiger partial charge is 0.270 e. The van der Waals surface area contributed by atoms with Crippen molar-refractivity contribution in [3.8, 4) is 6.07 Å². The molecule has 1 aromatic carbocycles. The number of carbonyl (C=O) groups excluding carboxylic acids is 2. The van der Waals surface area contributed by atoms with Crippen LogP contribution in [0.3, 0.4) is 0 Å². The SMILES string of the molecule is CC1(C)[C@@H]2[C@@H](C(=O)NC(C#N)c3cncc4cccc(Cl)c34)N(C(=O)c3ccc(C4CC4)[nH]3)C[C@@H]21. The van der Waals surface area contributed by atoms with Crippen LogP contribution >= 0.6 is 11.6 Å². The highest BCUT2D eigenvalue weighted by Gasteiger charge is 2.69. The van der Waals surface area contributed by atoms with Crippen LogP contribution in [0.25, 0.3) is 10.8 Å². The number of hydrogen-bond acceptors (Lipinski definition) is 4. The van der Waals surface area contributed by atoms with Crippen molar-refractivity contribution in [2.45, 2.75) is 44.7 Å². The fraction of sp³-hybridized carbons (Fsp3) is 0.407. The van der Waals surface area contributed by atoms with Gasteiger partial charge < -0.3 is 15.2 Å². The van der Waals surface area contributed by atoms with Gasteiger partial charge in [-0.05, 0) is 54.2 Å². The summed E-state index contributed by atoms with van der Waals surface area (Å²) in [5, 5.41) is 14.9. The van der Waals surface area contributed by atoms with E-state index in [2.05, 4.69) is 35.2 Å². The van der Waals surface area contributed by atoms with E-state index >= 15 is 0 Å². The van der Waals surface area contributed by atoms with Crippen LogP contribution in [-0.4, -0.2) is 39.3 Å². The molecule has 4 atom stereocenters. The number of nitriles is 1. The van der Waals surface area contributed by atoms with E-state index in [4.69, 9.17) is 11.6 Å². The number of amides is 2. The summed E-state index contributed by atoms with van der Waals surface area (Å²) in [5.41, 5.74) is 2.12. The molecule has 2 aromatic heterocycles. The molecule has 1 saturated heterocycles. The molecular weight excluding hydrogens is 462 g/mol. The topological polar surface area (TPSA) is 102 Å². The van der Waals surface area contributed by atoms with Crippen molar-refractivity contribution in [1.82, 2.24) is 20.2 Å². The second-order valence-corrected chi connectivity index (χ2v) is 11.0. The summed E-state index contributed by atoms with van der Waals surface area (Å²) in [4.78, 5) is 36.3. The van der Waals surface area contributed by atoms with Gasteiger partial charge in [-0.25, -0.2) is 0 Å². The van der Waals surface area contributed by atoms with E-state index < -0.39 is 12.1 Å². The number of halogens is 1. The van der Waals surface area contributed by atoms with Gasteiger partial charge in [0, 0.05) is 46.0 Å². The number of nitrogens with one attached hydrogen (secondary N) is 2. The molecule has 0 bridgehead atoms. The first-order valence-electron chi connectivity index (χ1n) is 12.0. The standard InChI is InChI=1S/C27H26ClN5O2/c1-27(2)17-13-33(26(35)20-9-8-19(31-20)14-6-7-14)24(23(17)27)25(34)32-21(10-29)16-12-30-11-15-4-3-5-18(28)22(15)16/h3-5,8-9,11-12,14,17,21,23-24,31H,6-7,13H2,1-2H3,(H,32,34)/t17-,21?,23-,24-/m0/s1. The first kappa shape index (κ1) is 22.1. The van der Waals surface area contributed by atoms with Gasteiger partial charge in [0.2, 0.25) is 5.91 Å². The Balaban J connectivity index is 1.29. The predicted octanol–water partition coefficient (Wildman–Crippen LogP) is 4.57. The lowest BCUT2D eigenvalue weighted by Crippen LogP contribution is -2.50. The van der Waals surface area contributed by atoms with Crippen LogP contribution in [0.1, 0.15) is 60.4 Å². The summed E-state index contributed by atoms with van der Waals surface area (Å²) < 4.78 is 0. The molecule has 35 heavy (non-hydrogen) atoms. The van der Waals surface area contributed by atoms with Crippen LogP contribution in [0.2, 0.25) is 5.02 Å². The third-order valence-corrected chi connectivity index (χ3v) is 8.50. The molecule has 3 aromatic rings. The second-order valence-electron chi connectivity index (χ2n) is 10.6. The van der Waals surface area contributed by atoms with Gasteiger partial charge in [-0.3, -0.25) is 14.6 Å². The van der Waals surface area contributed by atoms with Gasteiger partial charge in [-0.2, -0.15) is 5.26 Å². The number of rotatable bonds is 5. The van der Waals surface area contributed by atoms with Crippen LogP contribution < -0.4 is 5.32 Å². The summed E-state index contributed by atoms with van der Waals surface area (Å²) in [7, 11) is 0. The highest BCUT2D eigenvalue weighted by molar-refractivity contribution is 6.35. The Morgan fingerprint density at radius 1 is 1.26 bits per heavy atom. The zero-order chi connectivity index (χ0) is 24.5. The fourth-order valence-electron chi connectivity index (χ4n) is 5.96. The molecule has 3 heterocycles. The maximum absolute atomic E-state index is 13.7. The molecule has 1 aliphatic heterocycles. The average molecular weight is 488 g/mol. The van der Waals surface area contributed by atoms with Gasteiger partial charge in [0.1, 0.15) is 17.8 Å². The number of fused-ring (bicyclic) bond motifs is 2. The molecule has 0 radical (unpaired) electrons. The number of H-pyrrole nitrogens is 1. The van der Waals surface area contributed by atoms with Crippen molar-refractivity contribution >= 4 is 34.2 Å². The molecular formula is C27H26ClN5O2. The third kappa shape index (κ3) is 3.51. The Bertz CT molecular complexity index is 1400. The monoisotopic (exact) mass is 487 g/mol. The Labute approximate surface area is 208 Å². The minimum atomic E-state index is -0.941. The number of aromatic amines is 1. The van der Waals surface area contributed by atoms with E-state index in [0.29, 0.717) is 34.1 Å². The molecule has 1 unspecified atom stereocenters. The molecule has 3 aliphatic rings. The lowest BCUT2D eigenvalue weighted by Gasteiger charge is -2.30. The van der Waals surface area contributed by atoms with Crippen LogP contribution in [0.15, 0.2) is 42.7 Å². The van der Waals surface area contributed by atoms with Gasteiger partial charge in [-0.15, -0.1) is 0 Å². The number of carbonyl (C=O) groups is 2. The van der Waals surface area contributed by atoms with E-state index in [-0.39, 0.29) is 29.1 Å². The van der Waals surface area contributed by atoms with Gasteiger partial charge in [-0.1, -0.05) is 37.6 Å². The van der Waals surface area contributed by atoms with Gasteiger partial charge in [0.05, 0.1) is 6.07 Å². The first-order valence-corrected chi connectivity index (χ1v) is 12.4. The highest BCUT2D eigenvalue weighted by Crippen LogP contribution is 2.65. The molecule has 6 rings (SSSR count). The molecule has 2 N–H and O–H groups in total. The Morgan fingerprint density at radius 2 is 2.06 bits per heavy atom. The van der Waals surface area contributed by atoms with Crippen molar-refractivity contribution in [3.05, 3.63) is 64.7 Å². The van der Waals surface area contributed by atoms with Crippen molar-refractivity contribution in [2.75, 3.05) is 6.54 Å². The molecule has 8 heteroatoms. The molecule has 178 valence electrons. The zero-order valence-electron chi connectivity index (χ0n) is 19.6. The summed E-state index contributed by atoms with van der Waals surface area (Å²) in [6.07, 6.45) is 5.54. The van der Waals surface area contributed by atoms with Crippen molar-refractivity contribution in [2.24, 2.45) is 17.3 Å². The largest absolute Gasteiger partial charge is 0.354 e. The van der Waals surface area contributed by atoms with E-state index in [1.807, 2.05) is 24.3 Å². The van der Waals surface area contributed by atoms with E-state index in [1.165, 1.54) is 0 Å². The fourth-order valence-corrected chi connectivity index (χ4v) is 6.25. The molecule has 0 spiro atoms. The minimum Gasteiger partial charge on any atom is -0.354 e. The molecule has 2 aliphatic carbocycles. The lowest BCUT2D eigenvalue weighted by atomic mass is 9.98. The van der Waals surface area contributed by atoms with Gasteiger partial charge in [0.25, 0.3) is 5.91 Å². The van der Waals surface area contributed by atoms with E-state index in [1.54, 1.807) is 23.4 Å². The van der Waals surface area contributed by atoms with Gasteiger partial charge >= 0.3 is 0 Å². The number of likely N-dealkylation sites (tertiary alicyclic amines) is 1. The van der Waals surface area contributed by atoms with Gasteiger partial charge in [0.15, 0.2) is 0 Å². The Kier molecular flexibility index (Phi) is 4.94. The molecule has 7 nitrogen and oxygen atoms in total. The summed E-state index contributed by atoms with van der Waals surface area (Å²) in [6.45, 7) is 4.81. The van der Waals surface area contributed by atoms with E-state index in [0.717, 1.165) is 23.9 Å². The van der Waals surface area contributed by atoms with Crippen LogP contribution in [0.4, 0.5) is 0 Å². The maximum atomic E-state index is 13.7. The summed E-state index contributed by atoms with van der Waals surface area (Å²) >= 11 is 6.45. The number of hydrogen-bond donors (Lipinski definition) is 2. The van der Waals surface area contributed by atoms with Crippen LogP contribution in [0, 0.1) is 28.6 Å². The predicted molar refractivity (Wildman–Crippen MR) is 132 cm³/mol. The Hall–Kier alpha value is -3.37. The van der Waals surface area contributed by atoms with Crippen molar-refractivity contribution in [1.29, 1.82) is 5.26 Å². The van der Waals surface area contributed by atoms with Crippen molar-refractivity contribution in [3.63, 3.8) is 0 Å². The number of aromatic nitrogens is 2. The summed E-state index contributed by atoms with van der Waals surface area (Å²) in [6, 6.07) is 9.87. The minimum absolute atomic E-state index is 0.0276. The number of nitrogens with zero attached hydrogens (tertiary/aromatic N) is 3. The molecule has 2 saturated carbocycles. The summed E-state index contributed by atoms with van der Waals surface area (Å²) in [5.74, 6) is 0.343.